The third kappa shape index (κ3) is 3.85. The lowest BCUT2D eigenvalue weighted by Crippen LogP contribution is -2.46. The van der Waals surface area contributed by atoms with Crippen LogP contribution < -0.4 is 15.8 Å². The highest BCUT2D eigenvalue weighted by Crippen LogP contribution is 2.28. The lowest BCUT2D eigenvalue weighted by atomic mass is 10.0. The summed E-state index contributed by atoms with van der Waals surface area (Å²) in [7, 11) is 0. The zero-order chi connectivity index (χ0) is 21.4. The van der Waals surface area contributed by atoms with Crippen LogP contribution >= 0.6 is 11.6 Å². The Hall–Kier alpha value is -3.08. The molecule has 2 aromatic heterocycles. The third-order valence-electron chi connectivity index (χ3n) is 6.15. The summed E-state index contributed by atoms with van der Waals surface area (Å²) in [5.41, 5.74) is 4.42. The Morgan fingerprint density at radius 1 is 1.19 bits per heavy atom. The number of piperazine rings is 1. The molecule has 0 bridgehead atoms. The first-order valence-corrected chi connectivity index (χ1v) is 10.9. The van der Waals surface area contributed by atoms with Gasteiger partial charge in [-0.2, -0.15) is 5.26 Å². The van der Waals surface area contributed by atoms with Crippen LogP contribution in [0.25, 0.3) is 10.9 Å². The van der Waals surface area contributed by atoms with Crippen molar-refractivity contribution < 1.29 is 0 Å². The van der Waals surface area contributed by atoms with Crippen LogP contribution in [-0.4, -0.2) is 47.6 Å². The normalized spacial score (nSPS) is 16.6. The van der Waals surface area contributed by atoms with E-state index in [0.717, 1.165) is 80.1 Å². The summed E-state index contributed by atoms with van der Waals surface area (Å²) >= 11 is 6.00. The van der Waals surface area contributed by atoms with Crippen LogP contribution in [0.2, 0.25) is 5.02 Å². The van der Waals surface area contributed by atoms with Gasteiger partial charge in [-0.05, 0) is 30.5 Å². The van der Waals surface area contributed by atoms with Gasteiger partial charge in [0.15, 0.2) is 0 Å². The van der Waals surface area contributed by atoms with Crippen LogP contribution in [0, 0.1) is 11.3 Å². The minimum Gasteiger partial charge on any atom is -0.384 e. The summed E-state index contributed by atoms with van der Waals surface area (Å²) in [6.45, 7) is 5.20. The molecule has 1 aromatic carbocycles. The molecule has 0 radical (unpaired) electrons. The summed E-state index contributed by atoms with van der Waals surface area (Å²) in [6, 6.07) is 10.2. The van der Waals surface area contributed by atoms with Gasteiger partial charge in [-0.1, -0.05) is 23.7 Å². The second-order valence-corrected chi connectivity index (χ2v) is 8.52. The van der Waals surface area contributed by atoms with E-state index in [4.69, 9.17) is 11.6 Å². The Labute approximate surface area is 185 Å². The maximum atomic E-state index is 12.5. The smallest absolute Gasteiger partial charge is 0.253 e. The minimum absolute atomic E-state index is 0.0210. The van der Waals surface area contributed by atoms with Crippen molar-refractivity contribution in [3.8, 4) is 6.07 Å². The predicted octanol–water partition coefficient (Wildman–Crippen LogP) is 3.13. The Morgan fingerprint density at radius 3 is 2.84 bits per heavy atom. The zero-order valence-corrected chi connectivity index (χ0v) is 17.9. The molecule has 0 amide bonds. The van der Waals surface area contributed by atoms with Crippen molar-refractivity contribution in [1.82, 2.24) is 14.9 Å². The van der Waals surface area contributed by atoms with Gasteiger partial charge in [-0.15, -0.1) is 0 Å². The monoisotopic (exact) mass is 434 g/mol. The van der Waals surface area contributed by atoms with Crippen molar-refractivity contribution in [3.05, 3.63) is 62.5 Å². The number of hydrogen-bond donors (Lipinski definition) is 2. The van der Waals surface area contributed by atoms with Gasteiger partial charge in [0.05, 0.1) is 21.8 Å². The number of pyridine rings is 2. The van der Waals surface area contributed by atoms with Gasteiger partial charge in [-0.25, -0.2) is 4.98 Å². The van der Waals surface area contributed by atoms with E-state index in [1.807, 2.05) is 0 Å². The van der Waals surface area contributed by atoms with Crippen LogP contribution in [0.5, 0.6) is 0 Å². The lowest BCUT2D eigenvalue weighted by molar-refractivity contribution is 0.249. The fourth-order valence-electron chi connectivity index (χ4n) is 4.48. The largest absolute Gasteiger partial charge is 0.384 e. The van der Waals surface area contributed by atoms with Crippen LogP contribution in [0.3, 0.4) is 0 Å². The molecule has 0 aliphatic carbocycles. The number of H-pyrrole nitrogens is 1. The SMILES string of the molecule is N#Cc1cc(N2CCN(Cc3ccc4c5c(c(=O)[nH]c4c3)CCCN5)CC2)ncc1Cl. The minimum atomic E-state index is 0.0210. The molecule has 5 rings (SSSR count). The number of rotatable bonds is 3. The van der Waals surface area contributed by atoms with Gasteiger partial charge in [-0.3, -0.25) is 9.69 Å². The average Bonchev–Trinajstić information content (AvgIpc) is 2.80. The quantitative estimate of drug-likeness (QED) is 0.658. The molecule has 0 atom stereocenters. The maximum Gasteiger partial charge on any atom is 0.253 e. The summed E-state index contributed by atoms with van der Waals surface area (Å²) in [6.07, 6.45) is 3.37. The van der Waals surface area contributed by atoms with Crippen LogP contribution in [-0.2, 0) is 13.0 Å². The van der Waals surface area contributed by atoms with Gasteiger partial charge < -0.3 is 15.2 Å². The van der Waals surface area contributed by atoms with E-state index in [2.05, 4.69) is 49.4 Å². The number of nitrogens with one attached hydrogen (secondary N) is 2. The molecule has 0 saturated carbocycles. The second-order valence-electron chi connectivity index (χ2n) is 8.12. The molecule has 4 heterocycles. The summed E-state index contributed by atoms with van der Waals surface area (Å²) in [5.74, 6) is 0.793. The van der Waals surface area contributed by atoms with E-state index in [-0.39, 0.29) is 5.56 Å². The number of aromatic amines is 1. The fraction of sp³-hybridized carbons (Fsp3) is 0.348. The van der Waals surface area contributed by atoms with Crippen molar-refractivity contribution in [2.24, 2.45) is 0 Å². The molecule has 0 unspecified atom stereocenters. The Kier molecular flexibility index (Phi) is 5.26. The molecule has 2 aliphatic heterocycles. The van der Waals surface area contributed by atoms with Crippen molar-refractivity contribution in [2.75, 3.05) is 42.9 Å². The topological polar surface area (TPSA) is 88.0 Å². The first-order valence-electron chi connectivity index (χ1n) is 10.6. The van der Waals surface area contributed by atoms with E-state index < -0.39 is 0 Å². The van der Waals surface area contributed by atoms with Gasteiger partial charge in [0.25, 0.3) is 5.56 Å². The second kappa shape index (κ2) is 8.22. The van der Waals surface area contributed by atoms with Crippen molar-refractivity contribution >= 4 is 34.0 Å². The highest BCUT2D eigenvalue weighted by Gasteiger charge is 2.20. The molecule has 3 aromatic rings. The molecule has 7 nitrogen and oxygen atoms in total. The van der Waals surface area contributed by atoms with E-state index in [1.165, 1.54) is 5.56 Å². The first kappa shape index (κ1) is 19.9. The standard InChI is InChI=1S/C23H23ClN6O/c24-19-13-27-21(11-16(19)12-25)30-8-6-29(7-9-30)14-15-3-4-17-20(10-15)28-23(31)18-2-1-5-26-22(17)18/h3-4,10-11,13,26H,1-2,5-9,14H2,(H,28,31). The predicted molar refractivity (Wildman–Crippen MR) is 123 cm³/mol. The highest BCUT2D eigenvalue weighted by molar-refractivity contribution is 6.31. The molecule has 2 aliphatic rings. The highest BCUT2D eigenvalue weighted by atomic mass is 35.5. The molecule has 1 saturated heterocycles. The third-order valence-corrected chi connectivity index (χ3v) is 6.45. The Morgan fingerprint density at radius 2 is 2.03 bits per heavy atom. The zero-order valence-electron chi connectivity index (χ0n) is 17.1. The molecular weight excluding hydrogens is 412 g/mol. The number of hydrogen-bond acceptors (Lipinski definition) is 6. The molecule has 1 fully saturated rings. The summed E-state index contributed by atoms with van der Waals surface area (Å²) in [4.78, 5) is 24.5. The van der Waals surface area contributed by atoms with Crippen LogP contribution in [0.1, 0.15) is 23.1 Å². The molecular formula is C23H23ClN6O. The van der Waals surface area contributed by atoms with Crippen molar-refractivity contribution in [2.45, 2.75) is 19.4 Å². The van der Waals surface area contributed by atoms with Gasteiger partial charge in [0.1, 0.15) is 11.9 Å². The lowest BCUT2D eigenvalue weighted by Gasteiger charge is -2.35. The maximum absolute atomic E-state index is 12.5. The number of halogens is 1. The number of nitrogens with zero attached hydrogens (tertiary/aromatic N) is 4. The molecule has 0 spiro atoms. The number of nitriles is 1. The number of aromatic nitrogens is 2. The fourth-order valence-corrected chi connectivity index (χ4v) is 4.63. The molecule has 158 valence electrons. The van der Waals surface area contributed by atoms with Crippen molar-refractivity contribution in [1.29, 1.82) is 5.26 Å². The van der Waals surface area contributed by atoms with Crippen LogP contribution in [0.15, 0.2) is 35.3 Å². The van der Waals surface area contributed by atoms with Crippen LogP contribution in [0.4, 0.5) is 11.5 Å². The number of benzene rings is 1. The summed E-state index contributed by atoms with van der Waals surface area (Å²) in [5, 5.41) is 14.1. The van der Waals surface area contributed by atoms with Gasteiger partial charge in [0, 0.05) is 56.4 Å². The Bertz CT molecular complexity index is 1240. The van der Waals surface area contributed by atoms with E-state index in [1.54, 1.807) is 12.3 Å². The van der Waals surface area contributed by atoms with Gasteiger partial charge >= 0.3 is 0 Å². The van der Waals surface area contributed by atoms with Crippen molar-refractivity contribution in [3.63, 3.8) is 0 Å². The Balaban J connectivity index is 1.29. The number of fused-ring (bicyclic) bond motifs is 3. The molecule has 2 N–H and O–H groups in total. The van der Waals surface area contributed by atoms with E-state index in [0.29, 0.717) is 10.6 Å². The van der Waals surface area contributed by atoms with E-state index in [9.17, 15) is 10.1 Å². The molecule has 31 heavy (non-hydrogen) atoms. The van der Waals surface area contributed by atoms with Gasteiger partial charge in [0.2, 0.25) is 0 Å². The number of anilines is 2. The average molecular weight is 435 g/mol. The first-order chi connectivity index (χ1) is 15.1. The summed E-state index contributed by atoms with van der Waals surface area (Å²) < 4.78 is 0. The van der Waals surface area contributed by atoms with E-state index >= 15 is 0 Å². The molecule has 8 heteroatoms.